The molecule has 0 bridgehead atoms. The molecule has 3 aliphatic heterocycles. The lowest BCUT2D eigenvalue weighted by Crippen LogP contribution is -2.73. The van der Waals surface area contributed by atoms with Crippen molar-refractivity contribution in [2.75, 3.05) is 19.6 Å². The summed E-state index contributed by atoms with van der Waals surface area (Å²) in [5.74, 6) is -2.05. The minimum absolute atomic E-state index is 0.0740. The molecule has 0 saturated carbocycles. The van der Waals surface area contributed by atoms with Crippen LogP contribution in [0.3, 0.4) is 0 Å². The molecule has 1 N–H and O–H groups in total. The van der Waals surface area contributed by atoms with Gasteiger partial charge < -0.3 is 15.0 Å². The van der Waals surface area contributed by atoms with Gasteiger partial charge in [-0.15, -0.1) is 0 Å². The van der Waals surface area contributed by atoms with Crippen molar-refractivity contribution >= 4 is 17.5 Å². The first kappa shape index (κ1) is 30.9. The lowest BCUT2D eigenvalue weighted by atomic mass is 9.96. The zero-order valence-electron chi connectivity index (χ0n) is 25.7. The third-order valence-corrected chi connectivity index (χ3v) is 8.75. The molecule has 3 aliphatic rings. The molecule has 0 aliphatic carbocycles. The van der Waals surface area contributed by atoms with Gasteiger partial charge in [0.1, 0.15) is 18.5 Å². The molecule has 3 aromatic rings. The largest absolute Gasteiger partial charge is 0.351 e. The summed E-state index contributed by atoms with van der Waals surface area (Å²) in [6.07, 6.45) is 0.404. The first-order valence-electron chi connectivity index (χ1n) is 15.5. The van der Waals surface area contributed by atoms with Crippen LogP contribution in [0, 0.1) is 11.6 Å². The number of carbonyl (C=O) groups excluding carboxylic acids is 2. The van der Waals surface area contributed by atoms with Gasteiger partial charge in [-0.25, -0.2) is 18.5 Å². The number of urea groups is 1. The number of carbonyl (C=O) groups is 2. The zero-order chi connectivity index (χ0) is 31.7. The normalized spacial score (nSPS) is 22.8. The van der Waals surface area contributed by atoms with Crippen molar-refractivity contribution in [1.29, 1.82) is 0 Å². The van der Waals surface area contributed by atoms with Gasteiger partial charge in [0.25, 0.3) is 0 Å². The molecule has 3 amide bonds. The molecule has 3 aromatic carbocycles. The number of epoxide rings is 1. The summed E-state index contributed by atoms with van der Waals surface area (Å²) in [5.41, 5.74) is 3.52. The van der Waals surface area contributed by atoms with Crippen LogP contribution in [0.15, 0.2) is 79.4 Å². The molecule has 0 aromatic heterocycles. The number of benzene rings is 3. The predicted molar refractivity (Wildman–Crippen MR) is 167 cm³/mol. The second-order valence-corrected chi connectivity index (χ2v) is 12.0. The number of hydrazine groups is 1. The summed E-state index contributed by atoms with van der Waals surface area (Å²) in [6, 6.07) is 21.0. The van der Waals surface area contributed by atoms with E-state index in [0.29, 0.717) is 42.8 Å². The average Bonchev–Trinajstić information content (AvgIpc) is 3.82. The molecule has 8 nitrogen and oxygen atoms in total. The Kier molecular flexibility index (Phi) is 8.98. The highest BCUT2D eigenvalue weighted by Crippen LogP contribution is 2.41. The second-order valence-electron chi connectivity index (χ2n) is 12.0. The molecule has 10 heteroatoms. The number of halogens is 2. The number of fused-ring (bicyclic) bond motifs is 3. The van der Waals surface area contributed by atoms with Crippen molar-refractivity contribution in [1.82, 2.24) is 25.1 Å². The van der Waals surface area contributed by atoms with E-state index in [9.17, 15) is 18.4 Å². The molecule has 0 radical (unpaired) electrons. The quantitative estimate of drug-likeness (QED) is 0.320. The highest BCUT2D eigenvalue weighted by Gasteiger charge is 2.60. The maximum Gasteiger partial charge on any atom is 0.332 e. The van der Waals surface area contributed by atoms with E-state index in [-0.39, 0.29) is 43.5 Å². The van der Waals surface area contributed by atoms with Crippen molar-refractivity contribution in [3.05, 3.63) is 113 Å². The van der Waals surface area contributed by atoms with Crippen LogP contribution in [-0.2, 0) is 29.0 Å². The Hall–Kier alpha value is -4.12. The number of piperazine rings is 1. The molecule has 45 heavy (non-hydrogen) atoms. The van der Waals surface area contributed by atoms with Crippen LogP contribution >= 0.6 is 0 Å². The fourth-order valence-corrected chi connectivity index (χ4v) is 6.53. The summed E-state index contributed by atoms with van der Waals surface area (Å²) in [6.45, 7) is 9.38. The van der Waals surface area contributed by atoms with Gasteiger partial charge in [0, 0.05) is 19.6 Å². The van der Waals surface area contributed by atoms with Gasteiger partial charge in [-0.05, 0) is 54.2 Å². The Bertz CT molecular complexity index is 1560. The van der Waals surface area contributed by atoms with E-state index >= 15 is 0 Å². The number of nitrogens with zero attached hydrogens (tertiary/aromatic N) is 4. The number of allylic oxidation sites excluding steroid dienone is 1. The number of amides is 3. The minimum atomic E-state index is -0.973. The van der Waals surface area contributed by atoms with Crippen molar-refractivity contribution in [3.63, 3.8) is 0 Å². The SMILES string of the molecule is C=C(C)c1cc(F)c(F)cc1CN1C[C@H]2N(C3OC3CN2N(CCC)C(=O)NCc2ccccc2)[C@@H](Cc2ccccc2)C1=O. The number of ether oxygens (including phenoxy) is 1. The molecule has 3 heterocycles. The lowest BCUT2D eigenvalue weighted by molar-refractivity contribution is -0.176. The molecular formula is C35H39F2N5O3. The van der Waals surface area contributed by atoms with E-state index in [2.05, 4.69) is 16.8 Å². The van der Waals surface area contributed by atoms with E-state index in [1.807, 2.05) is 72.6 Å². The van der Waals surface area contributed by atoms with Crippen molar-refractivity contribution in [2.45, 2.75) is 64.3 Å². The maximum atomic E-state index is 14.5. The van der Waals surface area contributed by atoms with Gasteiger partial charge in [-0.2, -0.15) is 5.01 Å². The zero-order valence-corrected chi connectivity index (χ0v) is 25.7. The summed E-state index contributed by atoms with van der Waals surface area (Å²) in [7, 11) is 0. The summed E-state index contributed by atoms with van der Waals surface area (Å²) in [4.78, 5) is 31.9. The van der Waals surface area contributed by atoms with E-state index in [0.717, 1.165) is 29.7 Å². The maximum absolute atomic E-state index is 14.5. The van der Waals surface area contributed by atoms with Crippen LogP contribution < -0.4 is 5.32 Å². The smallest absolute Gasteiger partial charge is 0.332 e. The fourth-order valence-electron chi connectivity index (χ4n) is 6.53. The predicted octanol–water partition coefficient (Wildman–Crippen LogP) is 5.16. The van der Waals surface area contributed by atoms with Gasteiger partial charge in [0.15, 0.2) is 11.6 Å². The van der Waals surface area contributed by atoms with Crippen molar-refractivity contribution in [3.8, 4) is 0 Å². The van der Waals surface area contributed by atoms with Crippen LogP contribution in [0.5, 0.6) is 0 Å². The Morgan fingerprint density at radius 2 is 1.69 bits per heavy atom. The van der Waals surface area contributed by atoms with Gasteiger partial charge in [-0.3, -0.25) is 9.80 Å². The summed E-state index contributed by atoms with van der Waals surface area (Å²) >= 11 is 0. The Labute approximate surface area is 262 Å². The average molecular weight is 616 g/mol. The number of rotatable bonds is 10. The highest BCUT2D eigenvalue weighted by molar-refractivity contribution is 5.84. The lowest BCUT2D eigenvalue weighted by Gasteiger charge is -2.53. The highest BCUT2D eigenvalue weighted by atomic mass is 19.2. The number of hydrogen-bond acceptors (Lipinski definition) is 5. The molecule has 3 fully saturated rings. The third-order valence-electron chi connectivity index (χ3n) is 8.75. The van der Waals surface area contributed by atoms with E-state index in [1.54, 1.807) is 16.8 Å². The van der Waals surface area contributed by atoms with Gasteiger partial charge >= 0.3 is 6.03 Å². The van der Waals surface area contributed by atoms with Crippen LogP contribution in [0.25, 0.3) is 5.57 Å². The summed E-state index contributed by atoms with van der Waals surface area (Å²) < 4.78 is 34.9. The van der Waals surface area contributed by atoms with Crippen molar-refractivity contribution < 1.29 is 23.1 Å². The van der Waals surface area contributed by atoms with Crippen LogP contribution in [0.2, 0.25) is 0 Å². The second kappa shape index (κ2) is 13.1. The van der Waals surface area contributed by atoms with Gasteiger partial charge in [0.2, 0.25) is 5.91 Å². The van der Waals surface area contributed by atoms with Crippen LogP contribution in [0.4, 0.5) is 13.6 Å². The molecular weight excluding hydrogens is 576 g/mol. The van der Waals surface area contributed by atoms with E-state index in [1.165, 1.54) is 0 Å². The first-order chi connectivity index (χ1) is 21.7. The van der Waals surface area contributed by atoms with Gasteiger partial charge in [0.05, 0.1) is 19.1 Å². The van der Waals surface area contributed by atoms with Crippen molar-refractivity contribution in [2.24, 2.45) is 0 Å². The van der Waals surface area contributed by atoms with Crippen LogP contribution in [-0.4, -0.2) is 75.9 Å². The third kappa shape index (κ3) is 6.49. The number of nitrogens with one attached hydrogen (secondary N) is 1. The van der Waals surface area contributed by atoms with E-state index in [4.69, 9.17) is 4.74 Å². The Morgan fingerprint density at radius 3 is 2.36 bits per heavy atom. The monoisotopic (exact) mass is 615 g/mol. The standard InChI is InChI=1S/C35H39F2N5O3/c1-4-15-40(35(44)38-19-25-13-9-6-10-14-25)41-21-31-34(45-31)42-30(16-24-11-7-5-8-12-24)33(43)39(22-32(41)42)20-26-17-28(36)29(37)18-27(26)23(2)3/h5-14,17-18,30-32,34H,2,4,15-16,19-22H2,1,3H3,(H,38,44)/t30-,31?,32+,34?/m0/s1. The summed E-state index contributed by atoms with van der Waals surface area (Å²) in [5, 5.41) is 6.83. The minimum Gasteiger partial charge on any atom is -0.351 e. The molecule has 2 unspecified atom stereocenters. The Balaban J connectivity index is 1.33. The number of hydrogen-bond donors (Lipinski definition) is 1. The molecule has 3 saturated heterocycles. The van der Waals surface area contributed by atoms with E-state index < -0.39 is 17.7 Å². The fraction of sp³-hybridized carbons (Fsp3) is 0.371. The molecule has 236 valence electrons. The van der Waals surface area contributed by atoms with Gasteiger partial charge in [-0.1, -0.05) is 79.7 Å². The molecule has 0 spiro atoms. The molecule has 6 rings (SSSR count). The molecule has 4 atom stereocenters. The topological polar surface area (TPSA) is 71.7 Å². The van der Waals surface area contributed by atoms with Crippen LogP contribution in [0.1, 0.15) is 42.5 Å². The first-order valence-corrected chi connectivity index (χ1v) is 15.5. The Morgan fingerprint density at radius 1 is 1.02 bits per heavy atom.